The summed E-state index contributed by atoms with van der Waals surface area (Å²) in [5, 5.41) is 3.04. The minimum atomic E-state index is 0.0184. The van der Waals surface area contributed by atoms with Gasteiger partial charge in [-0.15, -0.1) is 11.8 Å². The average molecular weight is 359 g/mol. The molecule has 1 unspecified atom stereocenters. The number of thioether (sulfide) groups is 1. The normalized spacial score (nSPS) is 11.6. The Morgan fingerprint density at radius 2 is 1.80 bits per heavy atom. The van der Waals surface area contributed by atoms with Gasteiger partial charge in [0.2, 0.25) is 5.91 Å². The van der Waals surface area contributed by atoms with Gasteiger partial charge in [-0.1, -0.05) is 24.3 Å². The lowest BCUT2D eigenvalue weighted by atomic mass is 10.0. The Morgan fingerprint density at radius 1 is 1.12 bits per heavy atom. The highest BCUT2D eigenvalue weighted by Crippen LogP contribution is 2.18. The average Bonchev–Trinajstić information content (AvgIpc) is 2.62. The first-order chi connectivity index (χ1) is 12.1. The van der Waals surface area contributed by atoms with Crippen molar-refractivity contribution in [1.82, 2.24) is 5.32 Å². The number of amides is 1. The first-order valence-corrected chi connectivity index (χ1v) is 9.45. The van der Waals surface area contributed by atoms with Gasteiger partial charge in [-0.05, 0) is 49.2 Å². The van der Waals surface area contributed by atoms with Crippen LogP contribution in [-0.2, 0) is 4.79 Å². The van der Waals surface area contributed by atoms with Gasteiger partial charge in [0, 0.05) is 5.75 Å². The monoisotopic (exact) mass is 359 g/mol. The molecule has 1 amide bonds. The Labute approximate surface area is 153 Å². The third kappa shape index (κ3) is 6.35. The Morgan fingerprint density at radius 3 is 2.48 bits per heavy atom. The predicted molar refractivity (Wildman–Crippen MR) is 104 cm³/mol. The molecule has 5 heteroatoms. The second-order valence-corrected chi connectivity index (χ2v) is 6.83. The zero-order chi connectivity index (χ0) is 18.1. The minimum Gasteiger partial charge on any atom is -0.497 e. The van der Waals surface area contributed by atoms with Crippen LogP contribution in [0.1, 0.15) is 24.1 Å². The number of methoxy groups -OCH3 is 1. The van der Waals surface area contributed by atoms with E-state index in [0.29, 0.717) is 12.4 Å². The van der Waals surface area contributed by atoms with Crippen LogP contribution in [-0.4, -0.2) is 31.1 Å². The fraction of sp³-hybridized carbons (Fsp3) is 0.350. The van der Waals surface area contributed by atoms with E-state index in [1.165, 1.54) is 5.56 Å². The van der Waals surface area contributed by atoms with E-state index in [-0.39, 0.29) is 11.9 Å². The molecule has 4 nitrogen and oxygen atoms in total. The fourth-order valence-electron chi connectivity index (χ4n) is 2.49. The van der Waals surface area contributed by atoms with Crippen molar-refractivity contribution in [2.24, 2.45) is 0 Å². The number of ether oxygens (including phenoxy) is 2. The van der Waals surface area contributed by atoms with E-state index in [9.17, 15) is 4.79 Å². The topological polar surface area (TPSA) is 47.6 Å². The summed E-state index contributed by atoms with van der Waals surface area (Å²) in [4.78, 5) is 12.1. The molecule has 0 aliphatic rings. The van der Waals surface area contributed by atoms with Crippen molar-refractivity contribution in [2.45, 2.75) is 19.9 Å². The highest BCUT2D eigenvalue weighted by Gasteiger charge is 2.11. The van der Waals surface area contributed by atoms with Crippen LogP contribution >= 0.6 is 11.8 Å². The molecule has 0 bridgehead atoms. The quantitative estimate of drug-likeness (QED) is 0.688. The summed E-state index contributed by atoms with van der Waals surface area (Å²) in [5.41, 5.74) is 2.35. The molecule has 25 heavy (non-hydrogen) atoms. The number of carbonyl (C=O) groups excluding carboxylic acids is 1. The summed E-state index contributed by atoms with van der Waals surface area (Å²) in [6.07, 6.45) is 0. The first-order valence-electron chi connectivity index (χ1n) is 8.29. The van der Waals surface area contributed by atoms with Crippen molar-refractivity contribution in [1.29, 1.82) is 0 Å². The first kappa shape index (κ1) is 19.2. The number of hydrogen-bond donors (Lipinski definition) is 1. The fourth-order valence-corrected chi connectivity index (χ4v) is 3.10. The summed E-state index contributed by atoms with van der Waals surface area (Å²) < 4.78 is 10.8. The SMILES string of the molecule is COc1ccc(OCCSCC(=O)NC(C)c2ccccc2C)cc1. The summed E-state index contributed by atoms with van der Waals surface area (Å²) in [6.45, 7) is 4.64. The van der Waals surface area contributed by atoms with Gasteiger partial charge in [0.05, 0.1) is 25.5 Å². The van der Waals surface area contributed by atoms with E-state index in [0.717, 1.165) is 22.8 Å². The van der Waals surface area contributed by atoms with E-state index in [4.69, 9.17) is 9.47 Å². The van der Waals surface area contributed by atoms with Gasteiger partial charge in [-0.3, -0.25) is 4.79 Å². The third-order valence-electron chi connectivity index (χ3n) is 3.82. The minimum absolute atomic E-state index is 0.0184. The van der Waals surface area contributed by atoms with Gasteiger partial charge >= 0.3 is 0 Å². The Hall–Kier alpha value is -2.14. The van der Waals surface area contributed by atoms with Crippen LogP contribution in [0.2, 0.25) is 0 Å². The lowest BCUT2D eigenvalue weighted by Crippen LogP contribution is -2.28. The predicted octanol–water partition coefficient (Wildman–Crippen LogP) is 3.99. The molecule has 0 radical (unpaired) electrons. The maximum absolute atomic E-state index is 12.1. The van der Waals surface area contributed by atoms with Gasteiger partial charge < -0.3 is 14.8 Å². The lowest BCUT2D eigenvalue weighted by molar-refractivity contribution is -0.119. The molecule has 134 valence electrons. The van der Waals surface area contributed by atoms with Crippen LogP contribution in [0, 0.1) is 6.92 Å². The van der Waals surface area contributed by atoms with Crippen molar-refractivity contribution in [2.75, 3.05) is 25.2 Å². The van der Waals surface area contributed by atoms with Crippen LogP contribution in [0.5, 0.6) is 11.5 Å². The summed E-state index contributed by atoms with van der Waals surface area (Å²) >= 11 is 1.57. The summed E-state index contributed by atoms with van der Waals surface area (Å²) in [6, 6.07) is 15.6. The van der Waals surface area contributed by atoms with Gasteiger partial charge in [-0.2, -0.15) is 0 Å². The van der Waals surface area contributed by atoms with Crippen molar-refractivity contribution < 1.29 is 14.3 Å². The molecular weight excluding hydrogens is 334 g/mol. The van der Waals surface area contributed by atoms with Crippen molar-refractivity contribution >= 4 is 17.7 Å². The van der Waals surface area contributed by atoms with Crippen LogP contribution in [0.4, 0.5) is 0 Å². The molecule has 2 rings (SSSR count). The van der Waals surface area contributed by atoms with E-state index in [1.807, 2.05) is 43.3 Å². The highest BCUT2D eigenvalue weighted by molar-refractivity contribution is 7.99. The molecule has 2 aromatic rings. The summed E-state index contributed by atoms with van der Waals surface area (Å²) in [7, 11) is 1.64. The molecule has 0 saturated heterocycles. The number of hydrogen-bond acceptors (Lipinski definition) is 4. The van der Waals surface area contributed by atoms with Gasteiger partial charge in [-0.25, -0.2) is 0 Å². The maximum atomic E-state index is 12.1. The number of carbonyl (C=O) groups is 1. The summed E-state index contributed by atoms with van der Waals surface area (Å²) in [5.74, 6) is 2.85. The van der Waals surface area contributed by atoms with Crippen molar-refractivity contribution in [3.8, 4) is 11.5 Å². The van der Waals surface area contributed by atoms with E-state index >= 15 is 0 Å². The zero-order valence-electron chi connectivity index (χ0n) is 15.0. The molecule has 0 fully saturated rings. The Balaban J connectivity index is 1.64. The van der Waals surface area contributed by atoms with Crippen LogP contribution < -0.4 is 14.8 Å². The molecule has 1 atom stereocenters. The second-order valence-electron chi connectivity index (χ2n) is 5.72. The smallest absolute Gasteiger partial charge is 0.230 e. The molecule has 0 aliphatic heterocycles. The molecule has 0 aliphatic carbocycles. The van der Waals surface area contributed by atoms with E-state index < -0.39 is 0 Å². The molecule has 2 aromatic carbocycles. The molecule has 0 heterocycles. The number of benzene rings is 2. The van der Waals surface area contributed by atoms with E-state index in [1.54, 1.807) is 18.9 Å². The largest absolute Gasteiger partial charge is 0.497 e. The molecule has 1 N–H and O–H groups in total. The standard InChI is InChI=1S/C20H25NO3S/c1-15-6-4-5-7-19(15)16(2)21-20(22)14-25-13-12-24-18-10-8-17(23-3)9-11-18/h4-11,16H,12-14H2,1-3H3,(H,21,22). The number of rotatable bonds is 9. The second kappa shape index (κ2) is 9.99. The van der Waals surface area contributed by atoms with E-state index in [2.05, 4.69) is 24.4 Å². The zero-order valence-corrected chi connectivity index (χ0v) is 15.8. The molecule has 0 aromatic heterocycles. The highest BCUT2D eigenvalue weighted by atomic mass is 32.2. The van der Waals surface area contributed by atoms with Gasteiger partial charge in [0.15, 0.2) is 0 Å². The molecule has 0 spiro atoms. The van der Waals surface area contributed by atoms with Crippen LogP contribution in [0.25, 0.3) is 0 Å². The van der Waals surface area contributed by atoms with Gasteiger partial charge in [0.1, 0.15) is 11.5 Å². The Bertz CT molecular complexity index is 673. The number of aryl methyl sites for hydroxylation is 1. The Kier molecular flexibility index (Phi) is 7.67. The van der Waals surface area contributed by atoms with Crippen LogP contribution in [0.3, 0.4) is 0 Å². The molecular formula is C20H25NO3S. The third-order valence-corrected chi connectivity index (χ3v) is 4.74. The van der Waals surface area contributed by atoms with Crippen molar-refractivity contribution in [3.05, 3.63) is 59.7 Å². The maximum Gasteiger partial charge on any atom is 0.230 e. The van der Waals surface area contributed by atoms with Crippen LogP contribution in [0.15, 0.2) is 48.5 Å². The van der Waals surface area contributed by atoms with Gasteiger partial charge in [0.25, 0.3) is 0 Å². The lowest BCUT2D eigenvalue weighted by Gasteiger charge is -2.16. The number of nitrogens with one attached hydrogen (secondary N) is 1. The van der Waals surface area contributed by atoms with Crippen molar-refractivity contribution in [3.63, 3.8) is 0 Å². The molecule has 0 saturated carbocycles.